The number of benzene rings is 1. The minimum atomic E-state index is -0.845. The number of nitrogens with one attached hydrogen (secondary N) is 1. The van der Waals surface area contributed by atoms with Crippen LogP contribution in [0.5, 0.6) is 5.75 Å². The number of carbonyl (C=O) groups excluding carboxylic acids is 1. The average Bonchev–Trinajstić information content (AvgIpc) is 3.33. The number of amides is 1. The van der Waals surface area contributed by atoms with E-state index in [2.05, 4.69) is 15.3 Å². The number of aromatic nitrogens is 3. The van der Waals surface area contributed by atoms with Gasteiger partial charge in [0.05, 0.1) is 22.9 Å². The second-order valence-corrected chi connectivity index (χ2v) is 9.48. The van der Waals surface area contributed by atoms with Crippen LogP contribution in [0, 0.1) is 12.7 Å². The van der Waals surface area contributed by atoms with Crippen LogP contribution >= 0.6 is 11.6 Å². The van der Waals surface area contributed by atoms with Gasteiger partial charge in [0.15, 0.2) is 5.82 Å². The zero-order valence-electron chi connectivity index (χ0n) is 19.6. The Kier molecular flexibility index (Phi) is 6.69. The van der Waals surface area contributed by atoms with Crippen LogP contribution in [-0.2, 0) is 0 Å². The van der Waals surface area contributed by atoms with Crippen LogP contribution in [0.15, 0.2) is 18.5 Å². The smallest absolute Gasteiger partial charge is 0.258 e. The van der Waals surface area contributed by atoms with Gasteiger partial charge in [-0.15, -0.1) is 0 Å². The molecular formula is C24H29ClFN5O3. The first kappa shape index (κ1) is 24.2. The molecule has 1 fully saturated rings. The van der Waals surface area contributed by atoms with Crippen molar-refractivity contribution in [1.29, 1.82) is 0 Å². The Labute approximate surface area is 202 Å². The lowest BCUT2D eigenvalue weighted by molar-refractivity contribution is 0.0923. The molecule has 1 amide bonds. The topological polar surface area (TPSA) is 115 Å². The summed E-state index contributed by atoms with van der Waals surface area (Å²) in [6.07, 6.45) is 4.16. The fourth-order valence-electron chi connectivity index (χ4n) is 4.58. The van der Waals surface area contributed by atoms with Gasteiger partial charge in [-0.1, -0.05) is 18.5 Å². The van der Waals surface area contributed by atoms with E-state index in [4.69, 9.17) is 22.1 Å². The summed E-state index contributed by atoms with van der Waals surface area (Å²) in [5.41, 5.74) is 7.72. The van der Waals surface area contributed by atoms with Crippen LogP contribution in [0.3, 0.4) is 0 Å². The lowest BCUT2D eigenvalue weighted by Gasteiger charge is -2.23. The van der Waals surface area contributed by atoms with Crippen molar-refractivity contribution in [1.82, 2.24) is 19.7 Å². The van der Waals surface area contributed by atoms with E-state index >= 15 is 4.39 Å². The highest BCUT2D eigenvalue weighted by Gasteiger charge is 2.32. The number of hydrogen-bond donors (Lipinski definition) is 3. The van der Waals surface area contributed by atoms with E-state index in [1.54, 1.807) is 26.2 Å². The second kappa shape index (κ2) is 9.38. The zero-order valence-corrected chi connectivity index (χ0v) is 20.4. The number of aryl methyl sites for hydroxylation is 1. The van der Waals surface area contributed by atoms with Crippen molar-refractivity contribution in [3.8, 4) is 5.75 Å². The molecule has 1 saturated carbocycles. The number of anilines is 1. The number of nitrogens with zero attached hydrogens (tertiary/aromatic N) is 3. The Morgan fingerprint density at radius 1 is 1.38 bits per heavy atom. The summed E-state index contributed by atoms with van der Waals surface area (Å²) in [5.74, 6) is -0.794. The largest absolute Gasteiger partial charge is 0.490 e. The molecule has 1 aromatic carbocycles. The Bertz CT molecular complexity index is 1250. The number of imidazole rings is 1. The fraction of sp³-hybridized carbons (Fsp3) is 0.458. The summed E-state index contributed by atoms with van der Waals surface area (Å²) >= 11 is 6.28. The lowest BCUT2D eigenvalue weighted by atomic mass is 9.95. The van der Waals surface area contributed by atoms with E-state index in [-0.39, 0.29) is 28.5 Å². The van der Waals surface area contributed by atoms with Crippen LogP contribution in [0.1, 0.15) is 73.4 Å². The molecule has 0 bridgehead atoms. The molecule has 2 heterocycles. The average molecular weight is 490 g/mol. The van der Waals surface area contributed by atoms with Crippen molar-refractivity contribution in [3.63, 3.8) is 0 Å². The van der Waals surface area contributed by atoms with Crippen molar-refractivity contribution in [2.45, 2.75) is 71.1 Å². The molecule has 8 nitrogen and oxygen atoms in total. The van der Waals surface area contributed by atoms with Crippen LogP contribution in [0.25, 0.3) is 5.52 Å². The van der Waals surface area contributed by atoms with E-state index in [0.29, 0.717) is 47.7 Å². The highest BCUT2D eigenvalue weighted by atomic mass is 35.5. The summed E-state index contributed by atoms with van der Waals surface area (Å²) < 4.78 is 23.2. The minimum absolute atomic E-state index is 0.122. The van der Waals surface area contributed by atoms with Crippen molar-refractivity contribution in [2.75, 3.05) is 5.73 Å². The van der Waals surface area contributed by atoms with Gasteiger partial charge >= 0.3 is 0 Å². The van der Waals surface area contributed by atoms with E-state index in [1.807, 2.05) is 18.2 Å². The van der Waals surface area contributed by atoms with Crippen LogP contribution in [0.2, 0.25) is 5.02 Å². The SMILES string of the molecule is Cc1nc(C(C)c2cc(Cl)c(F)c(C(=O)N[C@H]3CC[C@@H](O)C3)c2OC(C)C)n2ccnc(N)c12. The second-order valence-electron chi connectivity index (χ2n) is 9.08. The molecule has 0 saturated heterocycles. The molecule has 0 aliphatic heterocycles. The van der Waals surface area contributed by atoms with Gasteiger partial charge in [0.25, 0.3) is 5.91 Å². The van der Waals surface area contributed by atoms with E-state index in [1.165, 1.54) is 6.07 Å². The van der Waals surface area contributed by atoms with Crippen molar-refractivity contribution < 1.29 is 19.0 Å². The van der Waals surface area contributed by atoms with Gasteiger partial charge in [0, 0.05) is 29.9 Å². The summed E-state index contributed by atoms with van der Waals surface area (Å²) in [7, 11) is 0. The molecule has 182 valence electrons. The third-order valence-corrected chi connectivity index (χ3v) is 6.43. The van der Waals surface area contributed by atoms with E-state index < -0.39 is 23.7 Å². The number of hydrogen-bond acceptors (Lipinski definition) is 6. The summed E-state index contributed by atoms with van der Waals surface area (Å²) in [5, 5.41) is 12.5. The number of aliphatic hydroxyl groups excluding tert-OH is 1. The van der Waals surface area contributed by atoms with Gasteiger partial charge in [-0.25, -0.2) is 14.4 Å². The molecule has 1 aliphatic carbocycles. The minimum Gasteiger partial charge on any atom is -0.490 e. The summed E-state index contributed by atoms with van der Waals surface area (Å²) in [4.78, 5) is 22.1. The summed E-state index contributed by atoms with van der Waals surface area (Å²) in [6, 6.07) is 1.24. The maximum absolute atomic E-state index is 15.3. The molecule has 34 heavy (non-hydrogen) atoms. The Balaban J connectivity index is 1.84. The first-order valence-corrected chi connectivity index (χ1v) is 11.7. The maximum Gasteiger partial charge on any atom is 0.258 e. The van der Waals surface area contributed by atoms with Gasteiger partial charge in [0.2, 0.25) is 0 Å². The predicted molar refractivity (Wildman–Crippen MR) is 128 cm³/mol. The molecule has 0 radical (unpaired) electrons. The lowest BCUT2D eigenvalue weighted by Crippen LogP contribution is -2.34. The number of rotatable bonds is 6. The Morgan fingerprint density at radius 2 is 2.12 bits per heavy atom. The number of nitrogens with two attached hydrogens (primary N) is 1. The Hall–Kier alpha value is -2.91. The molecule has 4 N–H and O–H groups in total. The fourth-order valence-corrected chi connectivity index (χ4v) is 4.79. The normalized spacial score (nSPS) is 19.1. The first-order valence-electron chi connectivity index (χ1n) is 11.3. The van der Waals surface area contributed by atoms with Gasteiger partial charge in [-0.3, -0.25) is 9.20 Å². The molecule has 2 aromatic heterocycles. The van der Waals surface area contributed by atoms with Crippen molar-refractivity contribution >= 4 is 28.8 Å². The predicted octanol–water partition coefficient (Wildman–Crippen LogP) is 3.99. The maximum atomic E-state index is 15.3. The molecule has 4 rings (SSSR count). The van der Waals surface area contributed by atoms with Crippen molar-refractivity contribution in [2.24, 2.45) is 0 Å². The number of halogens is 2. The summed E-state index contributed by atoms with van der Waals surface area (Å²) in [6.45, 7) is 7.33. The van der Waals surface area contributed by atoms with E-state index in [9.17, 15) is 9.90 Å². The quantitative estimate of drug-likeness (QED) is 0.482. The molecule has 3 atom stereocenters. The van der Waals surface area contributed by atoms with Gasteiger partial charge in [-0.05, 0) is 46.1 Å². The van der Waals surface area contributed by atoms with Crippen LogP contribution in [0.4, 0.5) is 10.2 Å². The first-order chi connectivity index (χ1) is 16.1. The van der Waals surface area contributed by atoms with Crippen molar-refractivity contribution in [3.05, 3.63) is 51.9 Å². The molecule has 3 aromatic rings. The molecular weight excluding hydrogens is 461 g/mol. The monoisotopic (exact) mass is 489 g/mol. The third-order valence-electron chi connectivity index (χ3n) is 6.16. The van der Waals surface area contributed by atoms with Crippen LogP contribution < -0.4 is 15.8 Å². The third kappa shape index (κ3) is 4.42. The highest BCUT2D eigenvalue weighted by molar-refractivity contribution is 6.31. The van der Waals surface area contributed by atoms with Gasteiger partial charge in [-0.2, -0.15) is 0 Å². The molecule has 0 spiro atoms. The number of nitrogen functional groups attached to an aromatic ring is 1. The Morgan fingerprint density at radius 3 is 2.76 bits per heavy atom. The van der Waals surface area contributed by atoms with E-state index in [0.717, 1.165) is 0 Å². The molecule has 1 aliphatic rings. The number of fused-ring (bicyclic) bond motifs is 1. The molecule has 1 unspecified atom stereocenters. The number of ether oxygens (including phenoxy) is 1. The standard InChI is InChI=1S/C24H29ClFN5O3/c1-11(2)34-21-16(12(3)23-29-13(4)20-22(27)28-7-8-31(20)23)10-17(25)19(26)18(21)24(33)30-14-5-6-15(32)9-14/h7-8,10-12,14-15,32H,5-6,9H2,1-4H3,(H2,27,28)(H,30,33)/t12?,14-,15+/m0/s1. The zero-order chi connectivity index (χ0) is 24.7. The van der Waals surface area contributed by atoms with Gasteiger partial charge < -0.3 is 20.9 Å². The highest BCUT2D eigenvalue weighted by Crippen LogP contribution is 2.40. The van der Waals surface area contributed by atoms with Crippen LogP contribution in [-0.4, -0.2) is 43.6 Å². The number of aliphatic hydroxyl groups is 1. The van der Waals surface area contributed by atoms with Gasteiger partial charge in [0.1, 0.15) is 28.5 Å². The number of carbonyl (C=O) groups is 1. The molecule has 10 heteroatoms.